The molecule has 5 nitrogen and oxygen atoms in total. The van der Waals surface area contributed by atoms with Gasteiger partial charge in [-0.25, -0.2) is 8.42 Å². The SMILES string of the molecule is Cc1cccnc1CN1CCC2(CC1)CN(S(C)(=O)=O)C(C)(C)C2. The summed E-state index contributed by atoms with van der Waals surface area (Å²) in [6, 6.07) is 4.08. The van der Waals surface area contributed by atoms with Crippen molar-refractivity contribution >= 4 is 10.0 Å². The Kier molecular flexibility index (Phi) is 4.51. The number of likely N-dealkylation sites (tertiary alicyclic amines) is 1. The van der Waals surface area contributed by atoms with Gasteiger partial charge in [0, 0.05) is 24.8 Å². The monoisotopic (exact) mass is 351 g/mol. The van der Waals surface area contributed by atoms with Crippen molar-refractivity contribution in [3.8, 4) is 0 Å². The number of nitrogens with zero attached hydrogens (tertiary/aromatic N) is 3. The van der Waals surface area contributed by atoms with E-state index in [0.29, 0.717) is 6.54 Å². The molecule has 1 aromatic heterocycles. The first-order valence-electron chi connectivity index (χ1n) is 8.72. The Morgan fingerprint density at radius 1 is 1.25 bits per heavy atom. The average molecular weight is 352 g/mol. The van der Waals surface area contributed by atoms with Gasteiger partial charge in [-0.05, 0) is 70.2 Å². The molecule has 1 aromatic rings. The summed E-state index contributed by atoms with van der Waals surface area (Å²) in [5.74, 6) is 0. The minimum Gasteiger partial charge on any atom is -0.297 e. The number of aryl methyl sites for hydroxylation is 1. The van der Waals surface area contributed by atoms with E-state index >= 15 is 0 Å². The van der Waals surface area contributed by atoms with Gasteiger partial charge in [-0.1, -0.05) is 6.07 Å². The molecule has 0 bridgehead atoms. The van der Waals surface area contributed by atoms with E-state index in [0.717, 1.165) is 44.6 Å². The van der Waals surface area contributed by atoms with Crippen molar-refractivity contribution in [2.24, 2.45) is 5.41 Å². The molecule has 0 aliphatic carbocycles. The first-order valence-corrected chi connectivity index (χ1v) is 10.6. The Bertz CT molecular complexity index is 707. The van der Waals surface area contributed by atoms with E-state index < -0.39 is 10.0 Å². The van der Waals surface area contributed by atoms with Gasteiger partial charge in [-0.3, -0.25) is 9.88 Å². The second-order valence-corrected chi connectivity index (χ2v) is 10.2. The van der Waals surface area contributed by atoms with Gasteiger partial charge in [0.1, 0.15) is 0 Å². The lowest BCUT2D eigenvalue weighted by molar-refractivity contribution is 0.106. The maximum atomic E-state index is 12.1. The Labute approximate surface area is 146 Å². The van der Waals surface area contributed by atoms with Gasteiger partial charge in [-0.15, -0.1) is 0 Å². The lowest BCUT2D eigenvalue weighted by Crippen LogP contribution is -2.43. The number of hydrogen-bond donors (Lipinski definition) is 0. The summed E-state index contributed by atoms with van der Waals surface area (Å²) < 4.78 is 26.0. The molecule has 0 amide bonds. The zero-order chi connectivity index (χ0) is 17.6. The van der Waals surface area contributed by atoms with Gasteiger partial charge < -0.3 is 0 Å². The van der Waals surface area contributed by atoms with Crippen molar-refractivity contribution in [1.29, 1.82) is 0 Å². The predicted molar refractivity (Wildman–Crippen MR) is 96.2 cm³/mol. The summed E-state index contributed by atoms with van der Waals surface area (Å²) >= 11 is 0. The van der Waals surface area contributed by atoms with E-state index in [2.05, 4.69) is 36.7 Å². The molecule has 3 rings (SSSR count). The first-order chi connectivity index (χ1) is 11.1. The summed E-state index contributed by atoms with van der Waals surface area (Å²) in [5, 5.41) is 0. The van der Waals surface area contributed by atoms with E-state index in [1.54, 1.807) is 4.31 Å². The van der Waals surface area contributed by atoms with Gasteiger partial charge in [0.25, 0.3) is 0 Å². The van der Waals surface area contributed by atoms with Crippen LogP contribution < -0.4 is 0 Å². The van der Waals surface area contributed by atoms with E-state index in [9.17, 15) is 8.42 Å². The molecule has 2 aliphatic heterocycles. The highest BCUT2D eigenvalue weighted by Crippen LogP contribution is 2.48. The molecule has 134 valence electrons. The molecule has 0 aromatic carbocycles. The minimum absolute atomic E-state index is 0.141. The lowest BCUT2D eigenvalue weighted by atomic mass is 9.74. The fourth-order valence-corrected chi connectivity index (χ4v) is 6.03. The second-order valence-electron chi connectivity index (χ2n) is 8.30. The zero-order valence-electron chi connectivity index (χ0n) is 15.2. The highest BCUT2D eigenvalue weighted by Gasteiger charge is 2.52. The van der Waals surface area contributed by atoms with Crippen LogP contribution in [0.25, 0.3) is 0 Å². The van der Waals surface area contributed by atoms with Crippen LogP contribution in [0.1, 0.15) is 44.4 Å². The van der Waals surface area contributed by atoms with E-state index in [4.69, 9.17) is 0 Å². The molecule has 0 radical (unpaired) electrons. The Balaban J connectivity index is 1.66. The van der Waals surface area contributed by atoms with Gasteiger partial charge in [0.15, 0.2) is 0 Å². The Morgan fingerprint density at radius 2 is 1.92 bits per heavy atom. The average Bonchev–Trinajstić information content (AvgIpc) is 2.75. The molecule has 2 fully saturated rings. The molecule has 0 atom stereocenters. The number of pyridine rings is 1. The third-order valence-corrected chi connectivity index (χ3v) is 7.19. The third-order valence-electron chi connectivity index (χ3n) is 5.77. The van der Waals surface area contributed by atoms with Crippen molar-refractivity contribution in [3.05, 3.63) is 29.6 Å². The molecule has 0 N–H and O–H groups in total. The first kappa shape index (κ1) is 17.8. The quantitative estimate of drug-likeness (QED) is 0.839. The fraction of sp³-hybridized carbons (Fsp3) is 0.722. The summed E-state index contributed by atoms with van der Waals surface area (Å²) in [5.41, 5.74) is 2.26. The van der Waals surface area contributed by atoms with Crippen molar-refractivity contribution in [2.45, 2.75) is 52.1 Å². The van der Waals surface area contributed by atoms with E-state index in [1.807, 2.05) is 12.3 Å². The molecule has 24 heavy (non-hydrogen) atoms. The molecule has 6 heteroatoms. The lowest BCUT2D eigenvalue weighted by Gasteiger charge is -2.39. The Morgan fingerprint density at radius 3 is 2.46 bits per heavy atom. The molecular weight excluding hydrogens is 322 g/mol. The molecule has 0 saturated carbocycles. The van der Waals surface area contributed by atoms with Gasteiger partial charge in [-0.2, -0.15) is 4.31 Å². The third kappa shape index (κ3) is 3.51. The van der Waals surface area contributed by atoms with Crippen molar-refractivity contribution in [3.63, 3.8) is 0 Å². The number of hydrogen-bond acceptors (Lipinski definition) is 4. The van der Waals surface area contributed by atoms with Crippen LogP contribution in [0.2, 0.25) is 0 Å². The summed E-state index contributed by atoms with van der Waals surface area (Å²) in [6.07, 6.45) is 6.29. The number of sulfonamides is 1. The maximum absolute atomic E-state index is 12.1. The largest absolute Gasteiger partial charge is 0.297 e. The topological polar surface area (TPSA) is 53.5 Å². The summed E-state index contributed by atoms with van der Waals surface area (Å²) in [4.78, 5) is 6.95. The number of piperidine rings is 1. The normalized spacial score (nSPS) is 24.5. The van der Waals surface area contributed by atoms with Crippen molar-refractivity contribution < 1.29 is 8.42 Å². The molecule has 3 heterocycles. The predicted octanol–water partition coefficient (Wildman–Crippen LogP) is 2.42. The second kappa shape index (κ2) is 6.07. The van der Waals surface area contributed by atoms with Gasteiger partial charge in [0.05, 0.1) is 11.9 Å². The van der Waals surface area contributed by atoms with Crippen LogP contribution in [0, 0.1) is 12.3 Å². The molecule has 0 unspecified atom stereocenters. The van der Waals surface area contributed by atoms with Crippen LogP contribution in [0.3, 0.4) is 0 Å². The number of rotatable bonds is 3. The van der Waals surface area contributed by atoms with Gasteiger partial charge >= 0.3 is 0 Å². The highest BCUT2D eigenvalue weighted by molar-refractivity contribution is 7.88. The van der Waals surface area contributed by atoms with Crippen molar-refractivity contribution in [1.82, 2.24) is 14.2 Å². The number of aromatic nitrogens is 1. The fourth-order valence-electron chi connectivity index (χ4n) is 4.56. The van der Waals surface area contributed by atoms with Gasteiger partial charge in [0.2, 0.25) is 10.0 Å². The molecular formula is C18H29N3O2S. The Hall–Kier alpha value is -0.980. The van der Waals surface area contributed by atoms with Crippen molar-refractivity contribution in [2.75, 3.05) is 25.9 Å². The van der Waals surface area contributed by atoms with E-state index in [-0.39, 0.29) is 11.0 Å². The standard InChI is InChI=1S/C18H29N3O2S/c1-15-6-5-9-19-16(15)12-20-10-7-18(8-11-20)13-17(2,3)21(14-18)24(4,22)23/h5-6,9H,7-8,10-14H2,1-4H3. The van der Waals surface area contributed by atoms with Crippen LogP contribution >= 0.6 is 0 Å². The zero-order valence-corrected chi connectivity index (χ0v) is 16.1. The summed E-state index contributed by atoms with van der Waals surface area (Å²) in [6.45, 7) is 9.83. The smallest absolute Gasteiger partial charge is 0.211 e. The van der Waals surface area contributed by atoms with Crippen LogP contribution in [0.15, 0.2) is 18.3 Å². The van der Waals surface area contributed by atoms with Crippen LogP contribution in [-0.4, -0.2) is 54.0 Å². The van der Waals surface area contributed by atoms with E-state index in [1.165, 1.54) is 11.8 Å². The summed E-state index contributed by atoms with van der Waals surface area (Å²) in [7, 11) is -3.14. The van der Waals surface area contributed by atoms with Crippen LogP contribution in [-0.2, 0) is 16.6 Å². The molecule has 2 saturated heterocycles. The molecule has 2 aliphatic rings. The molecule has 1 spiro atoms. The van der Waals surface area contributed by atoms with Crippen LogP contribution in [0.5, 0.6) is 0 Å². The minimum atomic E-state index is -3.14. The maximum Gasteiger partial charge on any atom is 0.211 e. The van der Waals surface area contributed by atoms with Crippen LogP contribution in [0.4, 0.5) is 0 Å². The highest BCUT2D eigenvalue weighted by atomic mass is 32.2.